The third kappa shape index (κ3) is 15.1. The number of rotatable bonds is 14. The van der Waals surface area contributed by atoms with Gasteiger partial charge in [0.15, 0.2) is 6.04 Å². The van der Waals surface area contributed by atoms with Gasteiger partial charge in [0.25, 0.3) is 0 Å². The van der Waals surface area contributed by atoms with E-state index in [1.165, 1.54) is 0 Å². The fourth-order valence-corrected chi connectivity index (χ4v) is 5.60. The van der Waals surface area contributed by atoms with E-state index in [0.29, 0.717) is 5.56 Å². The Hall–Kier alpha value is -3.24. The van der Waals surface area contributed by atoms with Crippen LogP contribution in [-0.2, 0) is 48.5 Å². The van der Waals surface area contributed by atoms with Gasteiger partial charge in [0.1, 0.15) is 12.2 Å². The van der Waals surface area contributed by atoms with Crippen LogP contribution in [-0.4, -0.2) is 53.1 Å². The number of esters is 2. The largest absolute Gasteiger partial charge is 0.478 e. The van der Waals surface area contributed by atoms with Crippen LogP contribution < -0.4 is 0 Å². The van der Waals surface area contributed by atoms with E-state index in [0.717, 1.165) is 10.5 Å². The third-order valence-corrected chi connectivity index (χ3v) is 7.44. The molecule has 0 N–H and O–H groups in total. The van der Waals surface area contributed by atoms with Crippen LogP contribution in [0, 0.1) is 0 Å². The SMILES string of the molecule is CC(C)(C)OC(=O)[C@H](c1ccccc1)N(CCCC(=O)OCc1ccccc1)C(=O)OCOP(=O)(OC(C)(C)C)OC(C)(C)C. The molecule has 0 unspecified atom stereocenters. The molecule has 2 aromatic rings. The molecule has 0 saturated heterocycles. The number of amides is 1. The number of hydrogen-bond acceptors (Lipinski definition) is 10. The minimum atomic E-state index is -4.19. The van der Waals surface area contributed by atoms with Gasteiger partial charge >= 0.3 is 25.9 Å². The van der Waals surface area contributed by atoms with Crippen molar-refractivity contribution in [2.75, 3.05) is 13.3 Å². The number of hydrogen-bond donors (Lipinski definition) is 0. The molecule has 11 nitrogen and oxygen atoms in total. The Labute approximate surface area is 267 Å². The molecule has 2 rings (SSSR count). The van der Waals surface area contributed by atoms with Crippen molar-refractivity contribution >= 4 is 25.9 Å². The van der Waals surface area contributed by atoms with Crippen LogP contribution in [0.4, 0.5) is 4.79 Å². The van der Waals surface area contributed by atoms with Crippen molar-refractivity contribution < 1.29 is 46.7 Å². The highest BCUT2D eigenvalue weighted by Crippen LogP contribution is 2.55. The van der Waals surface area contributed by atoms with Gasteiger partial charge in [-0.2, -0.15) is 0 Å². The molecule has 0 aliphatic rings. The van der Waals surface area contributed by atoms with Crippen LogP contribution in [0.25, 0.3) is 0 Å². The van der Waals surface area contributed by atoms with E-state index in [1.807, 2.05) is 30.3 Å². The maximum atomic E-state index is 13.6. The van der Waals surface area contributed by atoms with Crippen LogP contribution in [0.3, 0.4) is 0 Å². The lowest BCUT2D eigenvalue weighted by atomic mass is 10.0. The summed E-state index contributed by atoms with van der Waals surface area (Å²) < 4.78 is 46.4. The second kappa shape index (κ2) is 16.4. The first-order valence-corrected chi connectivity index (χ1v) is 16.3. The maximum absolute atomic E-state index is 13.6. The van der Waals surface area contributed by atoms with E-state index in [-0.39, 0.29) is 26.0 Å². The summed E-state index contributed by atoms with van der Waals surface area (Å²) in [7, 11) is -4.19. The maximum Gasteiger partial charge on any atom is 0.478 e. The summed E-state index contributed by atoms with van der Waals surface area (Å²) in [6.45, 7) is 14.5. The molecule has 1 atom stereocenters. The molecule has 0 aliphatic carbocycles. The molecular weight excluding hydrogens is 601 g/mol. The molecule has 250 valence electrons. The molecule has 2 aromatic carbocycles. The Kier molecular flexibility index (Phi) is 13.8. The molecule has 0 bridgehead atoms. The van der Waals surface area contributed by atoms with Crippen LogP contribution in [0.5, 0.6) is 0 Å². The Bertz CT molecular complexity index is 1260. The van der Waals surface area contributed by atoms with Crippen molar-refractivity contribution in [2.24, 2.45) is 0 Å². The highest BCUT2D eigenvalue weighted by molar-refractivity contribution is 7.48. The third-order valence-electron chi connectivity index (χ3n) is 5.48. The Morgan fingerprint density at radius 2 is 1.29 bits per heavy atom. The fourth-order valence-electron chi connectivity index (χ4n) is 3.93. The van der Waals surface area contributed by atoms with Gasteiger partial charge < -0.3 is 14.2 Å². The number of nitrogens with zero attached hydrogens (tertiary/aromatic N) is 1. The lowest BCUT2D eigenvalue weighted by Crippen LogP contribution is -2.43. The van der Waals surface area contributed by atoms with Gasteiger partial charge in [-0.05, 0) is 79.9 Å². The highest BCUT2D eigenvalue weighted by Gasteiger charge is 2.39. The van der Waals surface area contributed by atoms with Gasteiger partial charge in [-0.1, -0.05) is 60.7 Å². The minimum Gasteiger partial charge on any atom is -0.461 e. The number of benzene rings is 2. The first-order valence-electron chi connectivity index (χ1n) is 14.8. The normalized spacial score (nSPS) is 13.1. The monoisotopic (exact) mass is 649 g/mol. The smallest absolute Gasteiger partial charge is 0.461 e. The number of carbonyl (C=O) groups excluding carboxylic acids is 3. The van der Waals surface area contributed by atoms with E-state index in [9.17, 15) is 18.9 Å². The molecule has 45 heavy (non-hydrogen) atoms. The van der Waals surface area contributed by atoms with Gasteiger partial charge in [0, 0.05) is 13.0 Å². The van der Waals surface area contributed by atoms with Crippen molar-refractivity contribution in [3.8, 4) is 0 Å². The average Bonchev–Trinajstić information content (AvgIpc) is 2.89. The van der Waals surface area contributed by atoms with Gasteiger partial charge in [-0.25, -0.2) is 18.7 Å². The first kappa shape index (κ1) is 37.9. The van der Waals surface area contributed by atoms with Gasteiger partial charge in [-0.15, -0.1) is 0 Å². The molecule has 0 aliphatic heterocycles. The molecule has 1 amide bonds. The Morgan fingerprint density at radius 3 is 1.80 bits per heavy atom. The molecule has 0 heterocycles. The molecular formula is C33H48NO10P. The molecule has 12 heteroatoms. The molecule has 0 aromatic heterocycles. The Balaban J connectivity index is 2.26. The standard InChI is InChI=1S/C33H48NO10P/c1-31(2,3)42-29(36)28(26-19-14-11-15-20-26)34(22-16-21-27(35)39-23-25-17-12-10-13-18-25)30(37)40-24-41-45(38,43-32(4,5)6)44-33(7,8)9/h10-15,17-20,28H,16,21-24H2,1-9H3/t28-/m0/s1. The number of phosphoric ester groups is 1. The molecule has 0 saturated carbocycles. The zero-order valence-corrected chi connectivity index (χ0v) is 28.8. The lowest BCUT2D eigenvalue weighted by Gasteiger charge is -2.33. The summed E-state index contributed by atoms with van der Waals surface area (Å²) in [5.41, 5.74) is -1.35. The second-order valence-corrected chi connectivity index (χ2v) is 14.8. The molecule has 0 radical (unpaired) electrons. The Morgan fingerprint density at radius 1 is 0.756 bits per heavy atom. The van der Waals surface area contributed by atoms with E-state index in [2.05, 4.69) is 0 Å². The van der Waals surface area contributed by atoms with Crippen molar-refractivity contribution in [3.63, 3.8) is 0 Å². The predicted octanol–water partition coefficient (Wildman–Crippen LogP) is 7.74. The summed E-state index contributed by atoms with van der Waals surface area (Å²) in [6.07, 6.45) is -0.851. The summed E-state index contributed by atoms with van der Waals surface area (Å²) in [5.74, 6) is -1.17. The summed E-state index contributed by atoms with van der Waals surface area (Å²) in [4.78, 5) is 40.8. The number of ether oxygens (including phenoxy) is 3. The van der Waals surface area contributed by atoms with Crippen molar-refractivity contribution in [3.05, 3.63) is 71.8 Å². The zero-order valence-electron chi connectivity index (χ0n) is 27.9. The lowest BCUT2D eigenvalue weighted by molar-refractivity contribution is -0.161. The summed E-state index contributed by atoms with van der Waals surface area (Å²) in [6, 6.07) is 16.6. The van der Waals surface area contributed by atoms with E-state index in [1.54, 1.807) is 92.6 Å². The molecule has 0 fully saturated rings. The van der Waals surface area contributed by atoms with Gasteiger partial charge in [-0.3, -0.25) is 18.7 Å². The first-order chi connectivity index (χ1) is 20.8. The van der Waals surface area contributed by atoms with Crippen LogP contribution in [0.2, 0.25) is 0 Å². The second-order valence-electron chi connectivity index (χ2n) is 13.3. The molecule has 0 spiro atoms. The quantitative estimate of drug-likeness (QED) is 0.0868. The zero-order chi connectivity index (χ0) is 33.9. The minimum absolute atomic E-state index is 0.0308. The van der Waals surface area contributed by atoms with Crippen molar-refractivity contribution in [2.45, 2.75) is 105 Å². The average molecular weight is 650 g/mol. The topological polar surface area (TPSA) is 127 Å². The van der Waals surface area contributed by atoms with Crippen LogP contribution >= 0.6 is 7.82 Å². The van der Waals surface area contributed by atoms with Gasteiger partial charge in [0.2, 0.25) is 6.79 Å². The van der Waals surface area contributed by atoms with E-state index >= 15 is 0 Å². The van der Waals surface area contributed by atoms with E-state index < -0.39 is 55.5 Å². The predicted molar refractivity (Wildman–Crippen MR) is 169 cm³/mol. The summed E-state index contributed by atoms with van der Waals surface area (Å²) in [5, 5.41) is 0. The fraction of sp³-hybridized carbons (Fsp3) is 0.545. The van der Waals surface area contributed by atoms with Crippen molar-refractivity contribution in [1.29, 1.82) is 0 Å². The van der Waals surface area contributed by atoms with Gasteiger partial charge in [0.05, 0.1) is 11.2 Å². The van der Waals surface area contributed by atoms with Crippen LogP contribution in [0.15, 0.2) is 60.7 Å². The highest BCUT2D eigenvalue weighted by atomic mass is 31.2. The van der Waals surface area contributed by atoms with Crippen LogP contribution in [0.1, 0.15) is 92.3 Å². The van der Waals surface area contributed by atoms with E-state index in [4.69, 9.17) is 27.8 Å². The summed E-state index contributed by atoms with van der Waals surface area (Å²) >= 11 is 0. The number of carbonyl (C=O) groups is 3. The van der Waals surface area contributed by atoms with Crippen molar-refractivity contribution in [1.82, 2.24) is 4.90 Å². The number of phosphoric acid groups is 1.